The molecule has 3 saturated heterocycles. The number of ether oxygens (including phenoxy) is 7. The molecule has 4 aliphatic rings. The molecule has 0 aromatic heterocycles. The van der Waals surface area contributed by atoms with Gasteiger partial charge in [0.05, 0.1) is 12.2 Å². The summed E-state index contributed by atoms with van der Waals surface area (Å²) in [5, 5.41) is 9.18. The van der Waals surface area contributed by atoms with E-state index in [1.165, 1.54) is 0 Å². The zero-order valence-corrected chi connectivity index (χ0v) is 27.1. The fraction of sp³-hybridized carbons (Fsp3) is 0.730. The lowest BCUT2D eigenvalue weighted by molar-refractivity contribution is -0.203. The smallest absolute Gasteiger partial charge is 0.158 e. The van der Waals surface area contributed by atoms with E-state index < -0.39 is 0 Å². The number of unbranched alkanes of at least 4 members (excludes halogenated alkanes) is 2. The zero-order valence-electron chi connectivity index (χ0n) is 27.1. The second-order valence-corrected chi connectivity index (χ2v) is 12.8. The van der Waals surface area contributed by atoms with Crippen molar-refractivity contribution in [2.45, 2.75) is 127 Å². The Labute approximate surface area is 270 Å². The minimum Gasteiger partial charge on any atom is -0.491 e. The highest BCUT2D eigenvalue weighted by Crippen LogP contribution is 2.42. The number of hydrogen-bond donors (Lipinski definition) is 1. The van der Waals surface area contributed by atoms with Gasteiger partial charge in [-0.25, -0.2) is 0 Å². The molecule has 3 aliphatic heterocycles. The third kappa shape index (κ3) is 11.8. The average Bonchev–Trinajstić information content (AvgIpc) is 3.40. The van der Waals surface area contributed by atoms with Gasteiger partial charge < -0.3 is 38.3 Å². The number of para-hydroxylation sites is 1. The first kappa shape index (κ1) is 34.6. The van der Waals surface area contributed by atoms with E-state index in [2.05, 4.69) is 24.3 Å². The summed E-state index contributed by atoms with van der Waals surface area (Å²) in [7, 11) is 0. The molecule has 0 bridgehead atoms. The van der Waals surface area contributed by atoms with E-state index in [1.807, 2.05) is 30.3 Å². The number of hydrogen-bond acceptors (Lipinski definition) is 8. The summed E-state index contributed by atoms with van der Waals surface area (Å²) in [5.41, 5.74) is 0. The molecule has 0 radical (unpaired) electrons. The van der Waals surface area contributed by atoms with Crippen molar-refractivity contribution in [3.63, 3.8) is 0 Å². The van der Waals surface area contributed by atoms with Crippen LogP contribution in [-0.2, 0) is 28.4 Å². The van der Waals surface area contributed by atoms with Crippen molar-refractivity contribution in [1.82, 2.24) is 0 Å². The van der Waals surface area contributed by atoms with E-state index >= 15 is 0 Å². The molecule has 5 rings (SSSR count). The molecule has 0 spiro atoms. The summed E-state index contributed by atoms with van der Waals surface area (Å²) in [6.07, 6.45) is 22.0. The molecule has 45 heavy (non-hydrogen) atoms. The Morgan fingerprint density at radius 3 is 2.09 bits per heavy atom. The van der Waals surface area contributed by atoms with Gasteiger partial charge in [0, 0.05) is 38.8 Å². The standard InChI is InChI=1S/C37H56O8/c38-23-11-3-1-2-7-17-31-32(22-21-30(43-35-18-8-12-24-39-35)28-42-29-15-5-4-6-16-29)34(45-37-20-10-14-26-41-37)27-33(31)44-36-19-9-13-25-40-36/h2,4-7,15-16,21-22,30-38H,1,3,8-14,17-20,23-28H2/b7-2-,22-21+/t30-,31-,32-,33+,34-,35?,36?,37?/m1/s1. The molecule has 1 aromatic rings. The van der Waals surface area contributed by atoms with E-state index in [-0.39, 0.29) is 55.6 Å². The van der Waals surface area contributed by atoms with Crippen LogP contribution in [0.2, 0.25) is 0 Å². The van der Waals surface area contributed by atoms with E-state index in [0.29, 0.717) is 6.61 Å². The van der Waals surface area contributed by atoms with Crippen LogP contribution in [0.1, 0.15) is 89.9 Å². The normalized spacial score (nSPS) is 31.9. The largest absolute Gasteiger partial charge is 0.491 e. The maximum absolute atomic E-state index is 9.18. The van der Waals surface area contributed by atoms with Crippen LogP contribution >= 0.6 is 0 Å². The van der Waals surface area contributed by atoms with Crippen LogP contribution in [0.4, 0.5) is 0 Å². The Morgan fingerprint density at radius 1 is 0.778 bits per heavy atom. The summed E-state index contributed by atoms with van der Waals surface area (Å²) in [6.45, 7) is 2.88. The average molecular weight is 629 g/mol. The molecule has 3 unspecified atom stereocenters. The number of aliphatic hydroxyl groups excluding tert-OH is 1. The lowest BCUT2D eigenvalue weighted by Gasteiger charge is -2.30. The van der Waals surface area contributed by atoms with Gasteiger partial charge in [-0.05, 0) is 102 Å². The van der Waals surface area contributed by atoms with Crippen molar-refractivity contribution in [3.8, 4) is 5.75 Å². The Bertz CT molecular complexity index is 968. The highest BCUT2D eigenvalue weighted by molar-refractivity contribution is 5.21. The number of allylic oxidation sites excluding steroid dienone is 2. The Morgan fingerprint density at radius 2 is 1.44 bits per heavy atom. The summed E-state index contributed by atoms with van der Waals surface area (Å²) in [5.74, 6) is 1.16. The van der Waals surface area contributed by atoms with Crippen molar-refractivity contribution >= 4 is 0 Å². The molecule has 252 valence electrons. The van der Waals surface area contributed by atoms with Crippen LogP contribution in [-0.4, -0.2) is 75.3 Å². The Kier molecular flexibility index (Phi) is 15.2. The minimum absolute atomic E-state index is 0.0139. The molecular weight excluding hydrogens is 572 g/mol. The Hall–Kier alpha value is -1.78. The second-order valence-electron chi connectivity index (χ2n) is 12.8. The third-order valence-corrected chi connectivity index (χ3v) is 9.32. The third-order valence-electron chi connectivity index (χ3n) is 9.32. The van der Waals surface area contributed by atoms with E-state index in [0.717, 1.165) is 115 Å². The molecule has 8 nitrogen and oxygen atoms in total. The molecule has 8 heteroatoms. The van der Waals surface area contributed by atoms with Gasteiger partial charge in [0.1, 0.15) is 18.5 Å². The second kappa shape index (κ2) is 19.8. The number of aliphatic hydroxyl groups is 1. The number of rotatable bonds is 17. The van der Waals surface area contributed by atoms with Gasteiger partial charge in [0.15, 0.2) is 18.9 Å². The topological polar surface area (TPSA) is 84.8 Å². The minimum atomic E-state index is -0.267. The van der Waals surface area contributed by atoms with Crippen LogP contribution in [0.25, 0.3) is 0 Å². The molecule has 8 atom stereocenters. The van der Waals surface area contributed by atoms with E-state index in [1.54, 1.807) is 0 Å². The molecule has 1 aliphatic carbocycles. The van der Waals surface area contributed by atoms with Crippen LogP contribution in [0.5, 0.6) is 5.75 Å². The molecule has 1 N–H and O–H groups in total. The van der Waals surface area contributed by atoms with Crippen LogP contribution < -0.4 is 4.74 Å². The van der Waals surface area contributed by atoms with Gasteiger partial charge in [0.25, 0.3) is 0 Å². The van der Waals surface area contributed by atoms with Crippen molar-refractivity contribution in [1.29, 1.82) is 0 Å². The quantitative estimate of drug-likeness (QED) is 0.144. The van der Waals surface area contributed by atoms with E-state index in [4.69, 9.17) is 33.2 Å². The predicted octanol–water partition coefficient (Wildman–Crippen LogP) is 7.10. The van der Waals surface area contributed by atoms with Gasteiger partial charge in [-0.15, -0.1) is 0 Å². The summed E-state index contributed by atoms with van der Waals surface area (Å²) >= 11 is 0. The van der Waals surface area contributed by atoms with Gasteiger partial charge in [-0.2, -0.15) is 0 Å². The summed E-state index contributed by atoms with van der Waals surface area (Å²) < 4.78 is 44.2. The lowest BCUT2D eigenvalue weighted by atomic mass is 9.89. The first-order valence-corrected chi connectivity index (χ1v) is 17.7. The summed E-state index contributed by atoms with van der Waals surface area (Å²) in [4.78, 5) is 0. The van der Waals surface area contributed by atoms with Gasteiger partial charge in [0.2, 0.25) is 0 Å². The fourth-order valence-corrected chi connectivity index (χ4v) is 6.84. The molecule has 3 heterocycles. The first-order valence-electron chi connectivity index (χ1n) is 17.7. The summed E-state index contributed by atoms with van der Waals surface area (Å²) in [6, 6.07) is 9.90. The van der Waals surface area contributed by atoms with Crippen molar-refractivity contribution in [3.05, 3.63) is 54.6 Å². The van der Waals surface area contributed by atoms with Gasteiger partial charge in [-0.1, -0.05) is 42.5 Å². The molecule has 0 amide bonds. The monoisotopic (exact) mass is 628 g/mol. The van der Waals surface area contributed by atoms with Crippen LogP contribution in [0, 0.1) is 11.8 Å². The maximum Gasteiger partial charge on any atom is 0.158 e. The highest BCUT2D eigenvalue weighted by Gasteiger charge is 2.45. The van der Waals surface area contributed by atoms with Crippen molar-refractivity contribution in [2.24, 2.45) is 11.8 Å². The lowest BCUT2D eigenvalue weighted by Crippen LogP contribution is -2.32. The van der Waals surface area contributed by atoms with E-state index in [9.17, 15) is 5.11 Å². The van der Waals surface area contributed by atoms with Crippen LogP contribution in [0.15, 0.2) is 54.6 Å². The molecule has 1 aromatic carbocycles. The van der Waals surface area contributed by atoms with Crippen molar-refractivity contribution in [2.75, 3.05) is 33.0 Å². The van der Waals surface area contributed by atoms with Gasteiger partial charge in [-0.3, -0.25) is 0 Å². The zero-order chi connectivity index (χ0) is 30.9. The highest BCUT2D eigenvalue weighted by atomic mass is 16.7. The fourth-order valence-electron chi connectivity index (χ4n) is 6.84. The van der Waals surface area contributed by atoms with Gasteiger partial charge >= 0.3 is 0 Å². The maximum atomic E-state index is 9.18. The first-order chi connectivity index (χ1) is 22.3. The number of benzene rings is 1. The van der Waals surface area contributed by atoms with Crippen molar-refractivity contribution < 1.29 is 38.3 Å². The molecular formula is C37H56O8. The Balaban J connectivity index is 1.34. The molecule has 4 fully saturated rings. The van der Waals surface area contributed by atoms with Crippen LogP contribution in [0.3, 0.4) is 0 Å². The predicted molar refractivity (Wildman–Crippen MR) is 173 cm³/mol. The molecule has 1 saturated carbocycles. The SMILES string of the molecule is OCCCC/C=C\C[C@@H]1[C@@H](/C=C/[C@H](COc2ccccc2)OC2CCCCO2)[C@H](OC2CCCCO2)C[C@@H]1OC1CCCCO1.